The Morgan fingerprint density at radius 1 is 1.15 bits per heavy atom. The molecule has 2 aliphatic rings. The molecule has 6 heteroatoms. The van der Waals surface area contributed by atoms with E-state index in [2.05, 4.69) is 25.8 Å². The van der Waals surface area contributed by atoms with Gasteiger partial charge in [-0.1, -0.05) is 22.0 Å². The summed E-state index contributed by atoms with van der Waals surface area (Å²) in [6, 6.07) is 11.5. The first kappa shape index (κ1) is 18.4. The highest BCUT2D eigenvalue weighted by Crippen LogP contribution is 2.25. The second-order valence-electron chi connectivity index (χ2n) is 7.25. The number of likely N-dealkylation sites (tertiary alicyclic amines) is 2. The summed E-state index contributed by atoms with van der Waals surface area (Å²) < 4.78 is 6.71. The molecule has 0 aliphatic carbocycles. The first-order chi connectivity index (χ1) is 13.2. The normalized spacial score (nSPS) is 20.2. The van der Waals surface area contributed by atoms with Gasteiger partial charge in [0, 0.05) is 35.9 Å². The molecule has 2 saturated heterocycles. The molecule has 2 aromatic rings. The quantitative estimate of drug-likeness (QED) is 0.708. The van der Waals surface area contributed by atoms with Crippen LogP contribution < -0.4 is 4.74 Å². The summed E-state index contributed by atoms with van der Waals surface area (Å²) in [5, 5.41) is 0. The van der Waals surface area contributed by atoms with Crippen molar-refractivity contribution in [2.75, 3.05) is 26.2 Å². The highest BCUT2D eigenvalue weighted by molar-refractivity contribution is 9.10. The van der Waals surface area contributed by atoms with Crippen LogP contribution in [0.15, 0.2) is 47.1 Å². The van der Waals surface area contributed by atoms with Crippen LogP contribution >= 0.6 is 15.9 Å². The van der Waals surface area contributed by atoms with E-state index in [0.717, 1.165) is 30.4 Å². The average Bonchev–Trinajstić information content (AvgIpc) is 3.34. The minimum Gasteiger partial charge on any atom is -0.439 e. The van der Waals surface area contributed by atoms with Crippen molar-refractivity contribution in [2.24, 2.45) is 0 Å². The van der Waals surface area contributed by atoms with E-state index >= 15 is 0 Å². The van der Waals surface area contributed by atoms with E-state index in [9.17, 15) is 4.79 Å². The van der Waals surface area contributed by atoms with Crippen LogP contribution in [-0.4, -0.2) is 52.9 Å². The van der Waals surface area contributed by atoms with Gasteiger partial charge >= 0.3 is 0 Å². The molecule has 3 heterocycles. The molecule has 1 aromatic carbocycles. The van der Waals surface area contributed by atoms with E-state index in [4.69, 9.17) is 4.74 Å². The molecule has 1 atom stereocenters. The number of carbonyl (C=O) groups is 1. The van der Waals surface area contributed by atoms with Crippen molar-refractivity contribution in [1.82, 2.24) is 14.8 Å². The van der Waals surface area contributed by atoms with Crippen molar-refractivity contribution in [3.63, 3.8) is 0 Å². The monoisotopic (exact) mass is 429 g/mol. The number of amides is 1. The Bertz CT molecular complexity index is 790. The molecular formula is C21H24BrN3O2. The lowest BCUT2D eigenvalue weighted by Crippen LogP contribution is -2.42. The number of rotatable bonds is 5. The number of nitrogens with zero attached hydrogens (tertiary/aromatic N) is 3. The van der Waals surface area contributed by atoms with Gasteiger partial charge in [0.2, 0.25) is 5.88 Å². The molecule has 0 bridgehead atoms. The van der Waals surface area contributed by atoms with E-state index in [1.807, 2.05) is 35.2 Å². The van der Waals surface area contributed by atoms with E-state index in [-0.39, 0.29) is 5.91 Å². The zero-order chi connectivity index (χ0) is 18.6. The van der Waals surface area contributed by atoms with Crippen LogP contribution in [0.3, 0.4) is 0 Å². The third-order valence-corrected chi connectivity index (χ3v) is 5.80. The highest BCUT2D eigenvalue weighted by atomic mass is 79.9. The molecule has 1 amide bonds. The zero-order valence-electron chi connectivity index (χ0n) is 15.3. The summed E-state index contributed by atoms with van der Waals surface area (Å²) in [4.78, 5) is 21.8. The van der Waals surface area contributed by atoms with E-state index in [1.54, 1.807) is 12.3 Å². The first-order valence-electron chi connectivity index (χ1n) is 9.62. The Labute approximate surface area is 168 Å². The molecule has 27 heavy (non-hydrogen) atoms. The fourth-order valence-electron chi connectivity index (χ4n) is 3.94. The molecule has 142 valence electrons. The Balaban J connectivity index is 1.40. The van der Waals surface area contributed by atoms with Crippen LogP contribution in [0.2, 0.25) is 0 Å². The van der Waals surface area contributed by atoms with Gasteiger partial charge in [0.15, 0.2) is 0 Å². The third-order valence-electron chi connectivity index (χ3n) is 5.31. The van der Waals surface area contributed by atoms with E-state index in [0.29, 0.717) is 23.2 Å². The first-order valence-corrected chi connectivity index (χ1v) is 10.4. The third kappa shape index (κ3) is 4.50. The molecule has 0 spiro atoms. The number of pyridine rings is 1. The van der Waals surface area contributed by atoms with Gasteiger partial charge in [0.25, 0.3) is 5.91 Å². The molecule has 1 aromatic heterocycles. The smallest absolute Gasteiger partial charge is 0.255 e. The number of hydrogen-bond acceptors (Lipinski definition) is 4. The Kier molecular flexibility index (Phi) is 5.74. The lowest BCUT2D eigenvalue weighted by Gasteiger charge is -2.28. The van der Waals surface area contributed by atoms with Crippen LogP contribution in [0.1, 0.15) is 36.0 Å². The van der Waals surface area contributed by atoms with Gasteiger partial charge in [-0.2, -0.15) is 0 Å². The summed E-state index contributed by atoms with van der Waals surface area (Å²) in [5.74, 6) is 1.28. The molecule has 0 N–H and O–H groups in total. The number of benzene rings is 1. The average molecular weight is 430 g/mol. The largest absolute Gasteiger partial charge is 0.439 e. The molecule has 0 radical (unpaired) electrons. The summed E-state index contributed by atoms with van der Waals surface area (Å²) in [6.45, 7) is 4.18. The van der Waals surface area contributed by atoms with Gasteiger partial charge in [-0.15, -0.1) is 0 Å². The van der Waals surface area contributed by atoms with Crippen LogP contribution in [0.25, 0.3) is 0 Å². The minimum absolute atomic E-state index is 0.0817. The standard InChI is InChI=1S/C21H24BrN3O2/c22-17-5-3-7-19(13-17)27-20-9-8-16(14-23-20)21(26)25-12-4-6-18(25)15-24-10-1-2-11-24/h3,5,7-9,13-14,18H,1-2,4,6,10-12,15H2. The Morgan fingerprint density at radius 3 is 2.74 bits per heavy atom. The number of hydrogen-bond donors (Lipinski definition) is 0. The van der Waals surface area contributed by atoms with Gasteiger partial charge < -0.3 is 14.5 Å². The Hall–Kier alpha value is -1.92. The molecule has 4 rings (SSSR count). The van der Waals surface area contributed by atoms with Gasteiger partial charge in [0.1, 0.15) is 5.75 Å². The van der Waals surface area contributed by atoms with Crippen molar-refractivity contribution in [3.05, 3.63) is 52.6 Å². The molecule has 5 nitrogen and oxygen atoms in total. The summed E-state index contributed by atoms with van der Waals surface area (Å²) in [5.41, 5.74) is 0.630. The second-order valence-corrected chi connectivity index (χ2v) is 8.16. The molecule has 0 saturated carbocycles. The molecule has 2 aliphatic heterocycles. The predicted octanol–water partition coefficient (Wildman–Crippen LogP) is 4.34. The van der Waals surface area contributed by atoms with Crippen LogP contribution in [0.5, 0.6) is 11.6 Å². The van der Waals surface area contributed by atoms with Crippen LogP contribution in [0, 0.1) is 0 Å². The minimum atomic E-state index is 0.0817. The number of carbonyl (C=O) groups excluding carboxylic acids is 1. The lowest BCUT2D eigenvalue weighted by molar-refractivity contribution is 0.0708. The molecule has 1 unspecified atom stereocenters. The number of ether oxygens (including phenoxy) is 1. The van der Waals surface area contributed by atoms with Crippen molar-refractivity contribution < 1.29 is 9.53 Å². The fourth-order valence-corrected chi connectivity index (χ4v) is 4.32. The summed E-state index contributed by atoms with van der Waals surface area (Å²) in [6.07, 6.45) is 6.37. The number of aromatic nitrogens is 1. The van der Waals surface area contributed by atoms with Crippen molar-refractivity contribution in [2.45, 2.75) is 31.7 Å². The number of halogens is 1. The van der Waals surface area contributed by atoms with Crippen molar-refractivity contribution >= 4 is 21.8 Å². The molecular weight excluding hydrogens is 406 g/mol. The van der Waals surface area contributed by atoms with Gasteiger partial charge in [-0.3, -0.25) is 4.79 Å². The SMILES string of the molecule is O=C(c1ccc(Oc2cccc(Br)c2)nc1)N1CCCC1CN1CCCC1. The second kappa shape index (κ2) is 8.40. The lowest BCUT2D eigenvalue weighted by atomic mass is 10.2. The predicted molar refractivity (Wildman–Crippen MR) is 108 cm³/mol. The Morgan fingerprint density at radius 2 is 2.00 bits per heavy atom. The summed E-state index contributed by atoms with van der Waals surface area (Å²) >= 11 is 3.43. The van der Waals surface area contributed by atoms with Crippen LogP contribution in [-0.2, 0) is 0 Å². The summed E-state index contributed by atoms with van der Waals surface area (Å²) in [7, 11) is 0. The van der Waals surface area contributed by atoms with Gasteiger partial charge in [-0.25, -0.2) is 4.98 Å². The zero-order valence-corrected chi connectivity index (χ0v) is 16.9. The maximum absolute atomic E-state index is 13.0. The van der Waals surface area contributed by atoms with E-state index in [1.165, 1.54) is 25.9 Å². The fraction of sp³-hybridized carbons (Fsp3) is 0.429. The van der Waals surface area contributed by atoms with Gasteiger partial charge in [-0.05, 0) is 63.0 Å². The van der Waals surface area contributed by atoms with E-state index < -0.39 is 0 Å². The van der Waals surface area contributed by atoms with Crippen molar-refractivity contribution in [1.29, 1.82) is 0 Å². The van der Waals surface area contributed by atoms with Crippen LogP contribution in [0.4, 0.5) is 0 Å². The maximum Gasteiger partial charge on any atom is 0.255 e. The molecule has 2 fully saturated rings. The highest BCUT2D eigenvalue weighted by Gasteiger charge is 2.31. The van der Waals surface area contributed by atoms with Gasteiger partial charge in [0.05, 0.1) is 5.56 Å². The maximum atomic E-state index is 13.0. The van der Waals surface area contributed by atoms with Crippen molar-refractivity contribution in [3.8, 4) is 11.6 Å². The topological polar surface area (TPSA) is 45.7 Å².